The molecule has 2 N–H and O–H groups in total. The number of amides is 1. The first-order valence-corrected chi connectivity index (χ1v) is 12.8. The van der Waals surface area contributed by atoms with Crippen LogP contribution in [0, 0.1) is 11.6 Å². The van der Waals surface area contributed by atoms with Crippen molar-refractivity contribution < 1.29 is 22.7 Å². The highest BCUT2D eigenvalue weighted by Gasteiger charge is 2.18. The van der Waals surface area contributed by atoms with Crippen molar-refractivity contribution in [3.63, 3.8) is 0 Å². The standard InChI is InChI=1S/C28H31F2N5O3/c29-22-6-5-21(24(30)15-22)17-35(9-7-20-16-32-25-4-2-1-3-23(20)25)18-27-33-26(19-38-27)28(36)31-8-10-34-11-13-37-14-12-34/h1-6,15-16,19,32H,7-14,17-18H2,(H,31,36). The van der Waals surface area contributed by atoms with Gasteiger partial charge in [-0.05, 0) is 24.1 Å². The van der Waals surface area contributed by atoms with Gasteiger partial charge < -0.3 is 19.5 Å². The fraction of sp³-hybridized carbons (Fsp3) is 0.357. The van der Waals surface area contributed by atoms with Crippen LogP contribution < -0.4 is 5.32 Å². The van der Waals surface area contributed by atoms with E-state index in [9.17, 15) is 13.6 Å². The summed E-state index contributed by atoms with van der Waals surface area (Å²) in [6, 6.07) is 11.6. The smallest absolute Gasteiger partial charge is 0.273 e. The van der Waals surface area contributed by atoms with Crippen molar-refractivity contribution in [2.24, 2.45) is 0 Å². The molecular formula is C28H31F2N5O3. The number of aromatic nitrogens is 2. The number of carbonyl (C=O) groups is 1. The molecule has 200 valence electrons. The minimum atomic E-state index is -0.617. The normalized spacial score (nSPS) is 14.4. The molecule has 0 saturated carbocycles. The van der Waals surface area contributed by atoms with E-state index in [0.29, 0.717) is 44.2 Å². The van der Waals surface area contributed by atoms with Crippen LogP contribution in [0.15, 0.2) is 59.3 Å². The molecule has 0 unspecified atom stereocenters. The van der Waals surface area contributed by atoms with E-state index >= 15 is 0 Å². The second-order valence-electron chi connectivity index (χ2n) is 9.39. The lowest BCUT2D eigenvalue weighted by Gasteiger charge is -2.26. The van der Waals surface area contributed by atoms with Crippen LogP contribution in [0.4, 0.5) is 8.78 Å². The highest BCUT2D eigenvalue weighted by atomic mass is 19.1. The number of fused-ring (bicyclic) bond motifs is 1. The molecule has 8 nitrogen and oxygen atoms in total. The second-order valence-corrected chi connectivity index (χ2v) is 9.39. The predicted octanol–water partition coefficient (Wildman–Crippen LogP) is 3.74. The summed E-state index contributed by atoms with van der Waals surface area (Å²) in [5.74, 6) is -1.17. The lowest BCUT2D eigenvalue weighted by molar-refractivity contribution is 0.0383. The summed E-state index contributed by atoms with van der Waals surface area (Å²) in [6.07, 6.45) is 4.02. The van der Waals surface area contributed by atoms with Crippen LogP contribution in [0.2, 0.25) is 0 Å². The molecule has 0 radical (unpaired) electrons. The van der Waals surface area contributed by atoms with Crippen LogP contribution >= 0.6 is 0 Å². The van der Waals surface area contributed by atoms with Gasteiger partial charge in [0.25, 0.3) is 5.91 Å². The van der Waals surface area contributed by atoms with Gasteiger partial charge in [-0.3, -0.25) is 14.6 Å². The van der Waals surface area contributed by atoms with Crippen molar-refractivity contribution in [1.29, 1.82) is 0 Å². The number of H-pyrrole nitrogens is 1. The molecule has 0 aliphatic carbocycles. The summed E-state index contributed by atoms with van der Waals surface area (Å²) in [6.45, 7) is 5.44. The van der Waals surface area contributed by atoms with Gasteiger partial charge in [0.15, 0.2) is 5.69 Å². The Kier molecular flexibility index (Phi) is 8.42. The van der Waals surface area contributed by atoms with Gasteiger partial charge in [-0.15, -0.1) is 0 Å². The number of aromatic amines is 1. The average Bonchev–Trinajstić information content (AvgIpc) is 3.57. The van der Waals surface area contributed by atoms with E-state index in [-0.39, 0.29) is 24.7 Å². The molecule has 1 amide bonds. The Morgan fingerprint density at radius 2 is 1.95 bits per heavy atom. The number of hydrogen-bond acceptors (Lipinski definition) is 6. The SMILES string of the molecule is O=C(NCCN1CCOCC1)c1coc(CN(CCc2c[nH]c3ccccc23)Cc2ccc(F)cc2F)n1. The molecule has 1 fully saturated rings. The van der Waals surface area contributed by atoms with Gasteiger partial charge in [-0.1, -0.05) is 24.3 Å². The number of nitrogens with one attached hydrogen (secondary N) is 2. The van der Waals surface area contributed by atoms with Gasteiger partial charge in [0.1, 0.15) is 17.9 Å². The minimum absolute atomic E-state index is 0.200. The number of para-hydroxylation sites is 1. The van der Waals surface area contributed by atoms with E-state index in [4.69, 9.17) is 9.15 Å². The van der Waals surface area contributed by atoms with Crippen LogP contribution in [0.3, 0.4) is 0 Å². The predicted molar refractivity (Wildman–Crippen MR) is 139 cm³/mol. The van der Waals surface area contributed by atoms with Gasteiger partial charge in [-0.25, -0.2) is 13.8 Å². The van der Waals surface area contributed by atoms with Crippen molar-refractivity contribution in [3.05, 3.63) is 89.3 Å². The van der Waals surface area contributed by atoms with Crippen LogP contribution in [0.25, 0.3) is 10.9 Å². The van der Waals surface area contributed by atoms with Crippen LogP contribution in [0.1, 0.15) is 27.5 Å². The van der Waals surface area contributed by atoms with Gasteiger partial charge in [0.05, 0.1) is 19.8 Å². The highest BCUT2D eigenvalue weighted by molar-refractivity contribution is 5.91. The zero-order chi connectivity index (χ0) is 26.3. The van der Waals surface area contributed by atoms with E-state index in [1.54, 1.807) is 0 Å². The molecule has 1 saturated heterocycles. The first kappa shape index (κ1) is 26.0. The number of morpholine rings is 1. The van der Waals surface area contributed by atoms with Crippen molar-refractivity contribution in [2.75, 3.05) is 45.9 Å². The Labute approximate surface area is 219 Å². The Morgan fingerprint density at radius 3 is 2.79 bits per heavy atom. The summed E-state index contributed by atoms with van der Waals surface area (Å²) in [7, 11) is 0. The van der Waals surface area contributed by atoms with Crippen molar-refractivity contribution in [1.82, 2.24) is 25.1 Å². The summed E-state index contributed by atoms with van der Waals surface area (Å²) in [5.41, 5.74) is 2.76. The maximum absolute atomic E-state index is 14.5. The fourth-order valence-corrected chi connectivity index (χ4v) is 4.64. The van der Waals surface area contributed by atoms with Crippen molar-refractivity contribution in [2.45, 2.75) is 19.5 Å². The molecule has 2 aromatic heterocycles. The molecule has 5 rings (SSSR count). The van der Waals surface area contributed by atoms with Crippen molar-refractivity contribution >= 4 is 16.8 Å². The van der Waals surface area contributed by atoms with E-state index in [0.717, 1.165) is 42.2 Å². The lowest BCUT2D eigenvalue weighted by Crippen LogP contribution is -2.41. The number of carbonyl (C=O) groups excluding carboxylic acids is 1. The number of ether oxygens (including phenoxy) is 1. The quantitative estimate of drug-likeness (QED) is 0.312. The molecule has 2 aromatic carbocycles. The number of rotatable bonds is 11. The van der Waals surface area contributed by atoms with Gasteiger partial charge >= 0.3 is 0 Å². The number of hydrogen-bond donors (Lipinski definition) is 2. The molecule has 0 spiro atoms. The Hall–Kier alpha value is -3.60. The number of benzene rings is 2. The molecule has 3 heterocycles. The maximum atomic E-state index is 14.5. The molecule has 0 atom stereocenters. The Balaban J connectivity index is 1.23. The van der Waals surface area contributed by atoms with Gasteiger partial charge in [-0.2, -0.15) is 0 Å². The Bertz CT molecular complexity index is 1370. The topological polar surface area (TPSA) is 86.6 Å². The van der Waals surface area contributed by atoms with E-state index < -0.39 is 11.6 Å². The summed E-state index contributed by atoms with van der Waals surface area (Å²) >= 11 is 0. The van der Waals surface area contributed by atoms with Gasteiger partial charge in [0, 0.05) is 68.0 Å². The zero-order valence-electron chi connectivity index (χ0n) is 21.1. The average molecular weight is 524 g/mol. The minimum Gasteiger partial charge on any atom is -0.447 e. The summed E-state index contributed by atoms with van der Waals surface area (Å²) in [5, 5.41) is 4.01. The molecule has 4 aromatic rings. The monoisotopic (exact) mass is 523 g/mol. The summed E-state index contributed by atoms with van der Waals surface area (Å²) < 4.78 is 38.9. The third kappa shape index (κ3) is 6.63. The molecule has 1 aliphatic heterocycles. The third-order valence-electron chi connectivity index (χ3n) is 6.74. The maximum Gasteiger partial charge on any atom is 0.273 e. The molecular weight excluding hydrogens is 492 g/mol. The van der Waals surface area contributed by atoms with Gasteiger partial charge in [0.2, 0.25) is 5.89 Å². The van der Waals surface area contributed by atoms with Crippen LogP contribution in [-0.4, -0.2) is 71.6 Å². The number of halogens is 2. The number of oxazole rings is 1. The zero-order valence-corrected chi connectivity index (χ0v) is 21.1. The largest absolute Gasteiger partial charge is 0.447 e. The first-order chi connectivity index (χ1) is 18.5. The molecule has 0 bridgehead atoms. The Morgan fingerprint density at radius 1 is 1.11 bits per heavy atom. The third-order valence-corrected chi connectivity index (χ3v) is 6.74. The van der Waals surface area contributed by atoms with E-state index in [2.05, 4.69) is 26.3 Å². The fourth-order valence-electron chi connectivity index (χ4n) is 4.64. The highest BCUT2D eigenvalue weighted by Crippen LogP contribution is 2.20. The number of nitrogens with zero attached hydrogens (tertiary/aromatic N) is 3. The van der Waals surface area contributed by atoms with E-state index in [1.807, 2.05) is 29.3 Å². The van der Waals surface area contributed by atoms with Crippen molar-refractivity contribution in [3.8, 4) is 0 Å². The van der Waals surface area contributed by atoms with E-state index in [1.165, 1.54) is 18.4 Å². The molecule has 38 heavy (non-hydrogen) atoms. The van der Waals surface area contributed by atoms with Crippen LogP contribution in [0.5, 0.6) is 0 Å². The van der Waals surface area contributed by atoms with Crippen LogP contribution in [-0.2, 0) is 24.2 Å². The molecule has 10 heteroatoms. The molecule has 1 aliphatic rings. The summed E-state index contributed by atoms with van der Waals surface area (Å²) in [4.78, 5) is 24.4. The lowest BCUT2D eigenvalue weighted by atomic mass is 10.1. The second kappa shape index (κ2) is 12.3. The first-order valence-electron chi connectivity index (χ1n) is 12.8.